The van der Waals surface area contributed by atoms with Crippen molar-refractivity contribution in [2.45, 2.75) is 18.0 Å². The van der Waals surface area contributed by atoms with Gasteiger partial charge in [-0.2, -0.15) is 9.40 Å². The van der Waals surface area contributed by atoms with Crippen LogP contribution in [0.4, 0.5) is 0 Å². The number of aryl methyl sites for hydroxylation is 1. The predicted molar refractivity (Wildman–Crippen MR) is 85.7 cm³/mol. The zero-order valence-electron chi connectivity index (χ0n) is 11.4. The molecule has 0 aliphatic rings. The Morgan fingerprint density at radius 1 is 1.43 bits per heavy atom. The van der Waals surface area contributed by atoms with Crippen LogP contribution in [0.3, 0.4) is 0 Å². The second kappa shape index (κ2) is 6.91. The first-order valence-electron chi connectivity index (χ1n) is 6.22. The van der Waals surface area contributed by atoms with Crippen molar-refractivity contribution in [1.82, 2.24) is 14.1 Å². The molecule has 0 amide bonds. The summed E-state index contributed by atoms with van der Waals surface area (Å²) in [6.07, 6.45) is 2.84. The number of sulfonamides is 1. The largest absolute Gasteiger partial charge is 0.270 e. The van der Waals surface area contributed by atoms with Crippen molar-refractivity contribution in [1.29, 1.82) is 0 Å². The van der Waals surface area contributed by atoms with Gasteiger partial charge in [0.2, 0.25) is 10.0 Å². The molecule has 0 radical (unpaired) electrons. The van der Waals surface area contributed by atoms with Crippen molar-refractivity contribution >= 4 is 37.6 Å². The molecule has 21 heavy (non-hydrogen) atoms. The third-order valence-corrected chi connectivity index (χ3v) is 5.34. The average Bonchev–Trinajstić information content (AvgIpc) is 2.88. The average molecular weight is 393 g/mol. The summed E-state index contributed by atoms with van der Waals surface area (Å²) in [4.78, 5) is 0.171. The topological polar surface area (TPSA) is 55.2 Å². The van der Waals surface area contributed by atoms with E-state index in [4.69, 9.17) is 11.6 Å². The monoisotopic (exact) mass is 391 g/mol. The molecule has 5 nitrogen and oxygen atoms in total. The highest BCUT2D eigenvalue weighted by atomic mass is 79.9. The van der Waals surface area contributed by atoms with Gasteiger partial charge in [0, 0.05) is 30.1 Å². The molecular formula is C13H15BrClN3O2S. The molecule has 0 bridgehead atoms. The van der Waals surface area contributed by atoms with Gasteiger partial charge in [-0.25, -0.2) is 8.42 Å². The lowest BCUT2D eigenvalue weighted by Gasteiger charge is -2.16. The van der Waals surface area contributed by atoms with E-state index in [1.807, 2.05) is 24.3 Å². The lowest BCUT2D eigenvalue weighted by atomic mass is 10.2. The Hall–Kier alpha value is -0.890. The molecule has 2 aromatic rings. The molecule has 0 spiro atoms. The number of alkyl halides is 1. The van der Waals surface area contributed by atoms with E-state index in [0.29, 0.717) is 19.0 Å². The fraction of sp³-hybridized carbons (Fsp3) is 0.308. The maximum Gasteiger partial charge on any atom is 0.246 e. The second-order valence-corrected chi connectivity index (χ2v) is 7.86. The molecule has 0 aliphatic carbocycles. The molecule has 0 saturated heterocycles. The maximum absolute atomic E-state index is 12.5. The molecule has 1 aromatic carbocycles. The van der Waals surface area contributed by atoms with Crippen molar-refractivity contribution in [3.05, 3.63) is 46.7 Å². The Labute approximate surface area is 137 Å². The van der Waals surface area contributed by atoms with Crippen LogP contribution in [0.15, 0.2) is 46.0 Å². The summed E-state index contributed by atoms with van der Waals surface area (Å²) < 4.78 is 28.7. The summed E-state index contributed by atoms with van der Waals surface area (Å²) in [6.45, 7) is 0.773. The fourth-order valence-corrected chi connectivity index (χ4v) is 3.58. The van der Waals surface area contributed by atoms with E-state index in [0.717, 1.165) is 10.0 Å². The van der Waals surface area contributed by atoms with E-state index in [9.17, 15) is 8.42 Å². The highest BCUT2D eigenvalue weighted by Gasteiger charge is 2.22. The fourth-order valence-electron chi connectivity index (χ4n) is 1.84. The van der Waals surface area contributed by atoms with Crippen LogP contribution < -0.4 is 0 Å². The summed E-state index contributed by atoms with van der Waals surface area (Å²) in [5.74, 6) is 0.384. The van der Waals surface area contributed by atoms with Crippen LogP contribution in [0.2, 0.25) is 0 Å². The van der Waals surface area contributed by atoms with Crippen LogP contribution in [0.25, 0.3) is 0 Å². The van der Waals surface area contributed by atoms with Gasteiger partial charge in [-0.1, -0.05) is 28.1 Å². The van der Waals surface area contributed by atoms with Gasteiger partial charge in [0.05, 0.1) is 12.7 Å². The molecular weight excluding hydrogens is 378 g/mol. The molecule has 0 N–H and O–H groups in total. The zero-order chi connectivity index (χ0) is 15.5. The minimum absolute atomic E-state index is 0.171. The first-order valence-corrected chi connectivity index (χ1v) is 8.99. The molecule has 0 aliphatic heterocycles. The number of halogens is 2. The first-order chi connectivity index (χ1) is 9.93. The molecule has 8 heteroatoms. The zero-order valence-corrected chi connectivity index (χ0v) is 14.6. The number of aromatic nitrogens is 2. The summed E-state index contributed by atoms with van der Waals surface area (Å²) >= 11 is 8.99. The minimum Gasteiger partial charge on any atom is -0.270 e. The molecule has 2 rings (SSSR count). The molecule has 114 valence electrons. The van der Waals surface area contributed by atoms with Gasteiger partial charge in [0.25, 0.3) is 0 Å². The molecule has 1 heterocycles. The summed E-state index contributed by atoms with van der Waals surface area (Å²) in [6, 6.07) is 7.54. The Morgan fingerprint density at radius 2 is 2.19 bits per heavy atom. The van der Waals surface area contributed by atoms with Gasteiger partial charge in [-0.05, 0) is 17.7 Å². The summed E-state index contributed by atoms with van der Waals surface area (Å²) in [5, 5.41) is 3.99. The Balaban J connectivity index is 2.17. The highest BCUT2D eigenvalue weighted by molar-refractivity contribution is 9.10. The van der Waals surface area contributed by atoms with Gasteiger partial charge in [0.1, 0.15) is 4.90 Å². The number of nitrogens with zero attached hydrogens (tertiary/aromatic N) is 3. The Bertz CT molecular complexity index is 718. The van der Waals surface area contributed by atoms with Crippen molar-refractivity contribution in [2.24, 2.45) is 0 Å². The number of hydrogen-bond acceptors (Lipinski definition) is 3. The van der Waals surface area contributed by atoms with Crippen LogP contribution in [0.5, 0.6) is 0 Å². The molecule has 1 aromatic heterocycles. The van der Waals surface area contributed by atoms with Crippen molar-refractivity contribution < 1.29 is 8.42 Å². The molecule has 0 fully saturated rings. The van der Waals surface area contributed by atoms with Gasteiger partial charge < -0.3 is 0 Å². The van der Waals surface area contributed by atoms with Crippen LogP contribution in [-0.4, -0.2) is 35.4 Å². The Kier molecular flexibility index (Phi) is 5.43. The van der Waals surface area contributed by atoms with E-state index in [-0.39, 0.29) is 4.90 Å². The smallest absolute Gasteiger partial charge is 0.246 e. The van der Waals surface area contributed by atoms with E-state index >= 15 is 0 Å². The van der Waals surface area contributed by atoms with Gasteiger partial charge in [-0.15, -0.1) is 11.6 Å². The summed E-state index contributed by atoms with van der Waals surface area (Å²) in [7, 11) is -2.01. The Morgan fingerprint density at radius 3 is 2.86 bits per heavy atom. The van der Waals surface area contributed by atoms with Crippen LogP contribution >= 0.6 is 27.5 Å². The highest BCUT2D eigenvalue weighted by Crippen LogP contribution is 2.18. The van der Waals surface area contributed by atoms with Crippen molar-refractivity contribution in [2.75, 3.05) is 12.9 Å². The predicted octanol–water partition coefficient (Wildman–Crippen LogP) is 2.71. The SMILES string of the molecule is CN(Cc1cccc(Br)c1)S(=O)(=O)c1cnn(CCCl)c1. The number of benzene rings is 1. The molecule has 0 unspecified atom stereocenters. The number of rotatable bonds is 6. The van der Waals surface area contributed by atoms with Crippen molar-refractivity contribution in [3.8, 4) is 0 Å². The second-order valence-electron chi connectivity index (χ2n) is 4.52. The van der Waals surface area contributed by atoms with Crippen LogP contribution in [-0.2, 0) is 23.1 Å². The van der Waals surface area contributed by atoms with Gasteiger partial charge in [-0.3, -0.25) is 4.68 Å². The van der Waals surface area contributed by atoms with Crippen LogP contribution in [0, 0.1) is 0 Å². The normalized spacial score (nSPS) is 12.0. The third-order valence-electron chi connectivity index (χ3n) is 2.93. The van der Waals surface area contributed by atoms with Gasteiger partial charge in [0.15, 0.2) is 0 Å². The lowest BCUT2D eigenvalue weighted by Crippen LogP contribution is -2.26. The maximum atomic E-state index is 12.5. The quantitative estimate of drug-likeness (QED) is 0.710. The van der Waals surface area contributed by atoms with E-state index in [1.54, 1.807) is 7.05 Å². The van der Waals surface area contributed by atoms with Crippen molar-refractivity contribution in [3.63, 3.8) is 0 Å². The number of hydrogen-bond donors (Lipinski definition) is 0. The van der Waals surface area contributed by atoms with Gasteiger partial charge >= 0.3 is 0 Å². The standard InChI is InChI=1S/C13H15BrClN3O2S/c1-17(9-11-3-2-4-12(14)7-11)21(19,20)13-8-16-18(10-13)6-5-15/h2-4,7-8,10H,5-6,9H2,1H3. The van der Waals surface area contributed by atoms with E-state index in [2.05, 4.69) is 21.0 Å². The molecule has 0 atom stereocenters. The van der Waals surface area contributed by atoms with E-state index in [1.165, 1.54) is 21.4 Å². The third kappa shape index (κ3) is 4.06. The minimum atomic E-state index is -3.56. The lowest BCUT2D eigenvalue weighted by molar-refractivity contribution is 0.466. The first kappa shape index (κ1) is 16.5. The van der Waals surface area contributed by atoms with E-state index < -0.39 is 10.0 Å². The van der Waals surface area contributed by atoms with Crippen LogP contribution in [0.1, 0.15) is 5.56 Å². The molecule has 0 saturated carbocycles. The summed E-state index contributed by atoms with van der Waals surface area (Å²) in [5.41, 5.74) is 0.906.